The Morgan fingerprint density at radius 1 is 1.19 bits per heavy atom. The SMILES string of the molecule is CC(C)CNC(=O)C(C)NC(=O)C(C)C#N. The molecule has 0 bridgehead atoms. The molecule has 0 aliphatic carbocycles. The molecule has 16 heavy (non-hydrogen) atoms. The number of rotatable bonds is 5. The van der Waals surface area contributed by atoms with E-state index < -0.39 is 17.9 Å². The number of hydrogen-bond acceptors (Lipinski definition) is 3. The van der Waals surface area contributed by atoms with E-state index in [9.17, 15) is 9.59 Å². The van der Waals surface area contributed by atoms with Crippen molar-refractivity contribution in [2.75, 3.05) is 6.54 Å². The molecule has 0 saturated carbocycles. The van der Waals surface area contributed by atoms with Crippen molar-refractivity contribution in [3.63, 3.8) is 0 Å². The third-order valence-electron chi connectivity index (χ3n) is 2.02. The number of nitrogens with zero attached hydrogens (tertiary/aromatic N) is 1. The first-order valence-corrected chi connectivity index (χ1v) is 5.36. The minimum atomic E-state index is -0.736. The predicted octanol–water partition coefficient (Wildman–Crippen LogP) is 0.423. The van der Waals surface area contributed by atoms with Crippen LogP contribution < -0.4 is 10.6 Å². The molecule has 0 heterocycles. The van der Waals surface area contributed by atoms with Crippen LogP contribution in [0.5, 0.6) is 0 Å². The van der Waals surface area contributed by atoms with Crippen molar-refractivity contribution in [2.45, 2.75) is 33.7 Å². The van der Waals surface area contributed by atoms with Crippen LogP contribution in [0, 0.1) is 23.2 Å². The quantitative estimate of drug-likeness (QED) is 0.711. The van der Waals surface area contributed by atoms with Crippen LogP contribution in [0.15, 0.2) is 0 Å². The van der Waals surface area contributed by atoms with E-state index >= 15 is 0 Å². The molecular weight excluding hydrogens is 206 g/mol. The Balaban J connectivity index is 4.06. The molecule has 0 aromatic rings. The first-order valence-electron chi connectivity index (χ1n) is 5.36. The standard InChI is InChI=1S/C11H19N3O2/c1-7(2)6-13-11(16)9(4)14-10(15)8(3)5-12/h7-9H,6H2,1-4H3,(H,13,16)(H,14,15). The van der Waals surface area contributed by atoms with Gasteiger partial charge in [-0.3, -0.25) is 9.59 Å². The molecule has 0 aromatic carbocycles. The monoisotopic (exact) mass is 225 g/mol. The van der Waals surface area contributed by atoms with Crippen LogP contribution in [0.4, 0.5) is 0 Å². The van der Waals surface area contributed by atoms with Gasteiger partial charge < -0.3 is 10.6 Å². The summed E-state index contributed by atoms with van der Waals surface area (Å²) in [7, 11) is 0. The first kappa shape index (κ1) is 14.4. The lowest BCUT2D eigenvalue weighted by Gasteiger charge is -2.15. The van der Waals surface area contributed by atoms with Gasteiger partial charge in [0.15, 0.2) is 0 Å². The Bertz CT molecular complexity index is 294. The van der Waals surface area contributed by atoms with E-state index in [1.54, 1.807) is 6.92 Å². The molecule has 5 heteroatoms. The molecule has 2 amide bonds. The molecule has 0 aromatic heterocycles. The lowest BCUT2D eigenvalue weighted by Crippen LogP contribution is -2.46. The fraction of sp³-hybridized carbons (Fsp3) is 0.727. The summed E-state index contributed by atoms with van der Waals surface area (Å²) >= 11 is 0. The van der Waals surface area contributed by atoms with E-state index in [0.717, 1.165) is 0 Å². The van der Waals surface area contributed by atoms with Crippen molar-refractivity contribution in [3.8, 4) is 6.07 Å². The molecule has 2 N–H and O–H groups in total. The van der Waals surface area contributed by atoms with Gasteiger partial charge in [0, 0.05) is 6.54 Å². The maximum Gasteiger partial charge on any atom is 0.242 e. The van der Waals surface area contributed by atoms with Crippen molar-refractivity contribution in [1.29, 1.82) is 5.26 Å². The van der Waals surface area contributed by atoms with Gasteiger partial charge in [0.1, 0.15) is 12.0 Å². The van der Waals surface area contributed by atoms with E-state index in [4.69, 9.17) is 5.26 Å². The van der Waals surface area contributed by atoms with Crippen molar-refractivity contribution >= 4 is 11.8 Å². The van der Waals surface area contributed by atoms with Gasteiger partial charge in [-0.15, -0.1) is 0 Å². The Hall–Kier alpha value is -1.57. The lowest BCUT2D eigenvalue weighted by molar-refractivity contribution is -0.129. The predicted molar refractivity (Wildman–Crippen MR) is 60.2 cm³/mol. The molecule has 90 valence electrons. The third kappa shape index (κ3) is 5.35. The average molecular weight is 225 g/mol. The lowest BCUT2D eigenvalue weighted by atomic mass is 10.1. The second kappa shape index (κ2) is 6.83. The maximum absolute atomic E-state index is 11.5. The van der Waals surface area contributed by atoms with Crippen molar-refractivity contribution in [3.05, 3.63) is 0 Å². The van der Waals surface area contributed by atoms with Crippen LogP contribution in [0.1, 0.15) is 27.7 Å². The van der Waals surface area contributed by atoms with Crippen LogP contribution in [0.25, 0.3) is 0 Å². The largest absolute Gasteiger partial charge is 0.354 e. The molecule has 0 aliphatic heterocycles. The second-order valence-electron chi connectivity index (χ2n) is 4.22. The van der Waals surface area contributed by atoms with E-state index in [0.29, 0.717) is 12.5 Å². The molecule has 5 nitrogen and oxygen atoms in total. The van der Waals surface area contributed by atoms with Crippen molar-refractivity contribution < 1.29 is 9.59 Å². The Morgan fingerprint density at radius 3 is 2.19 bits per heavy atom. The number of nitriles is 1. The van der Waals surface area contributed by atoms with E-state index in [2.05, 4.69) is 10.6 Å². The highest BCUT2D eigenvalue weighted by atomic mass is 16.2. The molecule has 0 rings (SSSR count). The van der Waals surface area contributed by atoms with Gasteiger partial charge in [-0.2, -0.15) is 5.26 Å². The summed E-state index contributed by atoms with van der Waals surface area (Å²) in [4.78, 5) is 22.8. The molecule has 0 aliphatic rings. The Labute approximate surface area is 96.2 Å². The number of amides is 2. The zero-order valence-corrected chi connectivity index (χ0v) is 10.2. The highest BCUT2D eigenvalue weighted by molar-refractivity contribution is 5.88. The summed E-state index contributed by atoms with van der Waals surface area (Å²) in [5.41, 5.74) is 0. The van der Waals surface area contributed by atoms with E-state index in [1.165, 1.54) is 6.92 Å². The normalized spacial score (nSPS) is 13.8. The van der Waals surface area contributed by atoms with Crippen LogP contribution in [0.3, 0.4) is 0 Å². The van der Waals surface area contributed by atoms with Gasteiger partial charge in [-0.1, -0.05) is 13.8 Å². The first-order chi connectivity index (χ1) is 7.38. The topological polar surface area (TPSA) is 82.0 Å². The molecule has 2 unspecified atom stereocenters. The minimum Gasteiger partial charge on any atom is -0.354 e. The number of carbonyl (C=O) groups is 2. The third-order valence-corrected chi connectivity index (χ3v) is 2.02. The summed E-state index contributed by atoms with van der Waals surface area (Å²) in [6, 6.07) is 1.21. The Morgan fingerprint density at radius 2 is 1.75 bits per heavy atom. The van der Waals surface area contributed by atoms with Crippen molar-refractivity contribution in [1.82, 2.24) is 10.6 Å². The summed E-state index contributed by atoms with van der Waals surface area (Å²) in [5.74, 6) is -1.02. The fourth-order valence-corrected chi connectivity index (χ4v) is 0.920. The number of nitrogens with one attached hydrogen (secondary N) is 2. The zero-order chi connectivity index (χ0) is 12.7. The summed E-state index contributed by atoms with van der Waals surface area (Å²) < 4.78 is 0. The molecule has 0 saturated heterocycles. The highest BCUT2D eigenvalue weighted by Crippen LogP contribution is 1.94. The van der Waals surface area contributed by atoms with Gasteiger partial charge >= 0.3 is 0 Å². The average Bonchev–Trinajstić information content (AvgIpc) is 2.24. The molecule has 0 spiro atoms. The van der Waals surface area contributed by atoms with Gasteiger partial charge in [-0.25, -0.2) is 0 Å². The van der Waals surface area contributed by atoms with Crippen molar-refractivity contribution in [2.24, 2.45) is 11.8 Å². The van der Waals surface area contributed by atoms with Gasteiger partial charge in [0.25, 0.3) is 0 Å². The second-order valence-corrected chi connectivity index (χ2v) is 4.22. The summed E-state index contributed by atoms with van der Waals surface area (Å²) in [6.07, 6.45) is 0. The molecule has 0 radical (unpaired) electrons. The maximum atomic E-state index is 11.5. The number of hydrogen-bond donors (Lipinski definition) is 2. The van der Waals surface area contributed by atoms with Gasteiger partial charge in [0.2, 0.25) is 11.8 Å². The molecule has 2 atom stereocenters. The fourth-order valence-electron chi connectivity index (χ4n) is 0.920. The smallest absolute Gasteiger partial charge is 0.242 e. The Kier molecular flexibility index (Phi) is 6.16. The van der Waals surface area contributed by atoms with Gasteiger partial charge in [0.05, 0.1) is 6.07 Å². The van der Waals surface area contributed by atoms with Crippen LogP contribution in [0.2, 0.25) is 0 Å². The van der Waals surface area contributed by atoms with Crippen LogP contribution >= 0.6 is 0 Å². The van der Waals surface area contributed by atoms with Crippen LogP contribution in [-0.4, -0.2) is 24.4 Å². The van der Waals surface area contributed by atoms with Gasteiger partial charge in [-0.05, 0) is 19.8 Å². The van der Waals surface area contributed by atoms with E-state index in [-0.39, 0.29) is 5.91 Å². The van der Waals surface area contributed by atoms with Crippen LogP contribution in [-0.2, 0) is 9.59 Å². The molecular formula is C11H19N3O2. The highest BCUT2D eigenvalue weighted by Gasteiger charge is 2.18. The molecule has 0 fully saturated rings. The minimum absolute atomic E-state index is 0.229. The summed E-state index contributed by atoms with van der Waals surface area (Å²) in [5, 5.41) is 13.7. The number of carbonyl (C=O) groups excluding carboxylic acids is 2. The summed E-state index contributed by atoms with van der Waals surface area (Å²) in [6.45, 7) is 7.64. The van der Waals surface area contributed by atoms with E-state index in [1.807, 2.05) is 19.9 Å². The zero-order valence-electron chi connectivity index (χ0n) is 10.2.